The highest BCUT2D eigenvalue weighted by atomic mass is 19.4. The number of anilines is 1. The summed E-state index contributed by atoms with van der Waals surface area (Å²) in [6.07, 6.45) is 6.57. The predicted octanol–water partition coefficient (Wildman–Crippen LogP) is 4.26. The maximum Gasteiger partial charge on any atom is 0.416 e. The molecular weight excluding hydrogens is 938 g/mol. The van der Waals surface area contributed by atoms with Crippen molar-refractivity contribution < 1.29 is 51.3 Å². The first-order valence-corrected chi connectivity index (χ1v) is 25.7. The molecule has 4 heterocycles. The number of alkyl halides is 3. The molecule has 4 fully saturated rings. The normalized spacial score (nSPS) is 24.9. The summed E-state index contributed by atoms with van der Waals surface area (Å²) in [6.45, 7) is 9.54. The molecular formula is C51H73F3N10O8. The van der Waals surface area contributed by atoms with Gasteiger partial charge >= 0.3 is 6.18 Å². The summed E-state index contributed by atoms with van der Waals surface area (Å²) in [5, 5.41) is 17.0. The Balaban J connectivity index is 0.733. The molecule has 72 heavy (non-hydrogen) atoms. The van der Waals surface area contributed by atoms with Crippen LogP contribution < -0.4 is 26.6 Å². The number of likely N-dealkylation sites (tertiary alicyclic amines) is 2. The van der Waals surface area contributed by atoms with Crippen LogP contribution in [0.2, 0.25) is 0 Å². The quantitative estimate of drug-likeness (QED) is 0.0713. The van der Waals surface area contributed by atoms with E-state index in [0.717, 1.165) is 69.2 Å². The molecule has 0 spiro atoms. The zero-order valence-corrected chi connectivity index (χ0v) is 41.8. The van der Waals surface area contributed by atoms with Crippen molar-refractivity contribution >= 4 is 40.3 Å². The zero-order valence-electron chi connectivity index (χ0n) is 41.8. The number of aromatic nitrogens is 3. The number of ether oxygens (including phenoxy) is 4. The maximum atomic E-state index is 14.1. The van der Waals surface area contributed by atoms with Crippen LogP contribution in [0.25, 0.3) is 10.9 Å². The van der Waals surface area contributed by atoms with Crippen molar-refractivity contribution in [2.45, 2.75) is 114 Å². The number of fused-ring (bicyclic) bond motifs is 1. The van der Waals surface area contributed by atoms with E-state index in [9.17, 15) is 32.3 Å². The molecule has 2 aliphatic heterocycles. The van der Waals surface area contributed by atoms with E-state index in [1.807, 2.05) is 11.0 Å². The summed E-state index contributed by atoms with van der Waals surface area (Å²) >= 11 is 0. The van der Waals surface area contributed by atoms with Crippen molar-refractivity contribution in [3.05, 3.63) is 60.2 Å². The Bertz CT molecular complexity index is 2220. The number of amides is 4. The average Bonchev–Trinajstić information content (AvgIpc) is 3.89. The third-order valence-electron chi connectivity index (χ3n) is 14.2. The van der Waals surface area contributed by atoms with Gasteiger partial charge in [-0.05, 0) is 93.7 Å². The molecule has 3 aromatic rings. The van der Waals surface area contributed by atoms with Crippen molar-refractivity contribution in [1.29, 1.82) is 0 Å². The Morgan fingerprint density at radius 1 is 0.819 bits per heavy atom. The molecule has 2 aromatic heterocycles. The third kappa shape index (κ3) is 15.3. The van der Waals surface area contributed by atoms with Crippen molar-refractivity contribution in [2.24, 2.45) is 17.8 Å². The average molecular weight is 1010 g/mol. The molecule has 18 nitrogen and oxygen atoms in total. The molecule has 7 rings (SSSR count). The molecule has 0 bridgehead atoms. The van der Waals surface area contributed by atoms with Gasteiger partial charge in [0.2, 0.25) is 23.6 Å². The minimum Gasteiger partial charge on any atom is -0.377 e. The third-order valence-corrected chi connectivity index (χ3v) is 14.2. The summed E-state index contributed by atoms with van der Waals surface area (Å²) in [7, 11) is 1.71. The summed E-state index contributed by atoms with van der Waals surface area (Å²) in [5.41, 5.74) is 0.395. The molecule has 4 aliphatic rings. The number of halogens is 3. The van der Waals surface area contributed by atoms with Crippen molar-refractivity contribution in [3.63, 3.8) is 0 Å². The van der Waals surface area contributed by atoms with Gasteiger partial charge in [-0.1, -0.05) is 19.9 Å². The zero-order chi connectivity index (χ0) is 51.0. The van der Waals surface area contributed by atoms with E-state index in [1.54, 1.807) is 30.4 Å². The molecule has 4 amide bonds. The molecule has 5 N–H and O–H groups in total. The number of rotatable bonds is 26. The highest BCUT2D eigenvalue weighted by Crippen LogP contribution is 2.37. The Hall–Kier alpha value is -5.06. The highest BCUT2D eigenvalue weighted by Gasteiger charge is 2.44. The van der Waals surface area contributed by atoms with Gasteiger partial charge in [0.25, 0.3) is 0 Å². The van der Waals surface area contributed by atoms with Crippen LogP contribution in [0.15, 0.2) is 49.1 Å². The van der Waals surface area contributed by atoms with Gasteiger partial charge in [0, 0.05) is 81.0 Å². The lowest BCUT2D eigenvalue weighted by molar-refractivity contribution is -0.137. The summed E-state index contributed by atoms with van der Waals surface area (Å²) < 4.78 is 63.2. The van der Waals surface area contributed by atoms with Gasteiger partial charge in [-0.2, -0.15) is 13.2 Å². The lowest BCUT2D eigenvalue weighted by atomic mass is 9.82. The molecule has 2 saturated carbocycles. The smallest absolute Gasteiger partial charge is 0.377 e. The number of hydrogen-bond acceptors (Lipinski definition) is 14. The van der Waals surface area contributed by atoms with Gasteiger partial charge in [0.05, 0.1) is 75.9 Å². The fraction of sp³-hybridized carbons (Fsp3) is 0.667. The van der Waals surface area contributed by atoms with Crippen LogP contribution in [-0.4, -0.2) is 165 Å². The van der Waals surface area contributed by atoms with E-state index in [0.29, 0.717) is 96.4 Å². The molecule has 1 aromatic carbocycles. The fourth-order valence-corrected chi connectivity index (χ4v) is 10.4. The van der Waals surface area contributed by atoms with Crippen molar-refractivity contribution in [2.75, 3.05) is 91.4 Å². The van der Waals surface area contributed by atoms with Gasteiger partial charge in [-0.15, -0.1) is 0 Å². The first-order chi connectivity index (χ1) is 34.8. The van der Waals surface area contributed by atoms with Crippen LogP contribution in [0.5, 0.6) is 0 Å². The van der Waals surface area contributed by atoms with Crippen LogP contribution in [0.1, 0.15) is 88.8 Å². The van der Waals surface area contributed by atoms with Crippen LogP contribution in [0.4, 0.5) is 19.0 Å². The highest BCUT2D eigenvalue weighted by molar-refractivity contribution is 5.93. The van der Waals surface area contributed by atoms with Crippen molar-refractivity contribution in [1.82, 2.24) is 46.0 Å². The van der Waals surface area contributed by atoms with E-state index in [-0.39, 0.29) is 71.3 Å². The molecule has 6 atom stereocenters. The van der Waals surface area contributed by atoms with Crippen LogP contribution >= 0.6 is 0 Å². The van der Waals surface area contributed by atoms with Gasteiger partial charge in [-0.25, -0.2) is 9.97 Å². The predicted molar refractivity (Wildman–Crippen MR) is 262 cm³/mol. The van der Waals surface area contributed by atoms with E-state index < -0.39 is 23.7 Å². The van der Waals surface area contributed by atoms with Crippen LogP contribution in [0.3, 0.4) is 0 Å². The Morgan fingerprint density at radius 3 is 2.14 bits per heavy atom. The van der Waals surface area contributed by atoms with Gasteiger partial charge < -0.3 is 55.3 Å². The Kier molecular flexibility index (Phi) is 20.3. The fourth-order valence-electron chi connectivity index (χ4n) is 10.4. The first kappa shape index (κ1) is 54.7. The van der Waals surface area contributed by atoms with Gasteiger partial charge in [-0.3, -0.25) is 24.2 Å². The molecule has 0 radical (unpaired) electrons. The number of carbonyl (C=O) groups excluding carboxylic acids is 4. The summed E-state index contributed by atoms with van der Waals surface area (Å²) in [5.74, 6) is -0.169. The molecule has 2 saturated heterocycles. The number of benzene rings is 1. The molecule has 396 valence electrons. The Labute approximate surface area is 420 Å². The van der Waals surface area contributed by atoms with E-state index >= 15 is 0 Å². The number of pyridine rings is 1. The molecule has 2 aliphatic carbocycles. The monoisotopic (exact) mass is 1010 g/mol. The lowest BCUT2D eigenvalue weighted by Crippen LogP contribution is -2.59. The second-order valence-electron chi connectivity index (χ2n) is 19.7. The second kappa shape index (κ2) is 26.8. The lowest BCUT2D eigenvalue weighted by Gasteiger charge is -2.44. The van der Waals surface area contributed by atoms with Gasteiger partial charge in [0.1, 0.15) is 18.2 Å². The Morgan fingerprint density at radius 2 is 1.49 bits per heavy atom. The van der Waals surface area contributed by atoms with E-state index in [2.05, 4.69) is 55.4 Å². The maximum absolute atomic E-state index is 14.1. The van der Waals surface area contributed by atoms with Crippen molar-refractivity contribution in [3.8, 4) is 0 Å². The summed E-state index contributed by atoms with van der Waals surface area (Å²) in [6, 6.07) is 6.56. The van der Waals surface area contributed by atoms with Crippen LogP contribution in [0, 0.1) is 17.8 Å². The SMILES string of the molecule is CC(C)CN[C@@H]1CC[C@H](N2CC[C@H](Nc3ncnc4ccc(C(F)(F)F)cc34)C2=O)[C@H](NC2CCC(C(=O)NCCOCCOCCOCCOCCNC(=O)[C@H]3CC(=O)N(C)[C@@H]3c3cccnc3)CC2)C1. The largest absolute Gasteiger partial charge is 0.416 e. The van der Waals surface area contributed by atoms with E-state index in [1.165, 1.54) is 12.4 Å². The van der Waals surface area contributed by atoms with E-state index in [4.69, 9.17) is 18.9 Å². The molecule has 21 heteroatoms. The standard InChI is InChI=1S/C51H73F3N10O8/c1-33(2)30-58-38-11-13-44(64-18-14-42(50(64)68)62-47-39-27-36(51(52,53)54)8-12-41(39)59-32-60-47)43(28-38)61-37-9-6-34(7-10-37)48(66)56-16-19-69-21-23-71-25-26-72-24-22-70-20-17-57-49(67)40-29-45(65)63(3)46(40)35-5-4-15-55-31-35/h4-5,8,12,15,27,31-34,37-38,40,42-44,46,58,61H,6-7,9-11,13-14,16-26,28-30H2,1-3H3,(H,56,66)(H,57,67)(H,59,60,62)/t34?,37?,38-,40+,42+,43-,44+,46-/m1/s1. The van der Waals surface area contributed by atoms with Gasteiger partial charge in [0.15, 0.2) is 0 Å². The minimum atomic E-state index is -4.52. The number of hydrogen-bond donors (Lipinski definition) is 5. The summed E-state index contributed by atoms with van der Waals surface area (Å²) in [4.78, 5) is 68.5. The topological polar surface area (TPSA) is 210 Å². The first-order valence-electron chi connectivity index (χ1n) is 25.7. The number of carbonyl (C=O) groups is 4. The number of nitrogens with one attached hydrogen (secondary N) is 5. The number of nitrogens with zero attached hydrogens (tertiary/aromatic N) is 5. The van der Waals surface area contributed by atoms with Crippen LogP contribution in [-0.2, 0) is 44.3 Å². The molecule has 0 unspecified atom stereocenters. The second-order valence-corrected chi connectivity index (χ2v) is 19.7. The minimum absolute atomic E-state index is 0.0321.